The van der Waals surface area contributed by atoms with Gasteiger partial charge in [0.05, 0.1) is 5.56 Å². The highest BCUT2D eigenvalue weighted by atomic mass is 35.5. The van der Waals surface area contributed by atoms with Gasteiger partial charge in [0.15, 0.2) is 0 Å². The number of aromatic nitrogens is 3. The molecule has 3 aromatic rings. The number of nitrogens with zero attached hydrogens (tertiary/aromatic N) is 5. The van der Waals surface area contributed by atoms with Crippen molar-refractivity contribution in [2.75, 3.05) is 46.6 Å². The number of phenolic OH excluding ortho intramolecular Hbond substituents is 1. The third kappa shape index (κ3) is 11.1. The van der Waals surface area contributed by atoms with Gasteiger partial charge in [-0.15, -0.1) is 25.6 Å². The van der Waals surface area contributed by atoms with E-state index in [9.17, 15) is 23.1 Å². The van der Waals surface area contributed by atoms with Gasteiger partial charge in [-0.25, -0.2) is 0 Å². The summed E-state index contributed by atoms with van der Waals surface area (Å²) in [7, 11) is 0. The molecular formula is C27H51ClF3N11O3. The first kappa shape index (κ1) is 40.8. The van der Waals surface area contributed by atoms with Crippen molar-refractivity contribution in [3.8, 4) is 11.5 Å². The first-order valence-corrected chi connectivity index (χ1v) is 13.3. The minimum atomic E-state index is -4.86. The summed E-state index contributed by atoms with van der Waals surface area (Å²) in [5.41, 5.74) is 0.468. The van der Waals surface area contributed by atoms with Crippen LogP contribution >= 0.6 is 12.4 Å². The monoisotopic (exact) mass is 669 g/mol. The molecule has 0 bridgehead atoms. The van der Waals surface area contributed by atoms with Crippen LogP contribution in [0.15, 0.2) is 42.5 Å². The number of nitrogens with one attached hydrogen (secondary N) is 2. The highest BCUT2D eigenvalue weighted by Gasteiger charge is 2.31. The summed E-state index contributed by atoms with van der Waals surface area (Å²) < 4.78 is 41.4. The van der Waals surface area contributed by atoms with E-state index in [0.717, 1.165) is 64.0 Å². The van der Waals surface area contributed by atoms with Crippen LogP contribution in [-0.4, -0.2) is 58.5 Å². The topological polar surface area (TPSA) is 256 Å². The fraction of sp³-hybridized carbons (Fsp3) is 0.407. The number of carbonyl (C=O) groups excluding carboxylic acids is 1. The highest BCUT2D eigenvalue weighted by Crippen LogP contribution is 2.29. The van der Waals surface area contributed by atoms with Gasteiger partial charge in [0, 0.05) is 55.4 Å². The molecule has 0 aliphatic carbocycles. The molecule has 2 aliphatic heterocycles. The number of amides is 1. The second kappa shape index (κ2) is 18.0. The van der Waals surface area contributed by atoms with Crippen molar-refractivity contribution in [2.24, 2.45) is 0 Å². The molecule has 2 aromatic carbocycles. The molecule has 260 valence electrons. The van der Waals surface area contributed by atoms with Gasteiger partial charge in [-0.2, -0.15) is 15.0 Å². The predicted molar refractivity (Wildman–Crippen MR) is 180 cm³/mol. The summed E-state index contributed by atoms with van der Waals surface area (Å²) in [5, 5.41) is 16.2. The maximum Gasteiger partial charge on any atom is 0.573 e. The van der Waals surface area contributed by atoms with Crippen LogP contribution in [0.1, 0.15) is 54.6 Å². The smallest absolute Gasteiger partial charge is 0.507 e. The van der Waals surface area contributed by atoms with E-state index in [1.54, 1.807) is 6.07 Å². The molecule has 15 N–H and O–H groups in total. The Balaban J connectivity index is -0.000000717. The van der Waals surface area contributed by atoms with Gasteiger partial charge in [0.1, 0.15) is 11.5 Å². The average Bonchev–Trinajstić information content (AvgIpc) is 2.93. The van der Waals surface area contributed by atoms with Crippen LogP contribution in [0.3, 0.4) is 0 Å². The Morgan fingerprint density at radius 3 is 1.87 bits per heavy atom. The van der Waals surface area contributed by atoms with E-state index in [4.69, 9.17) is 4.98 Å². The molecule has 0 unspecified atom stereocenters. The number of benzene rings is 2. The van der Waals surface area contributed by atoms with Crippen molar-refractivity contribution in [1.82, 2.24) is 39.6 Å². The molecule has 2 fully saturated rings. The normalized spacial score (nSPS) is 14.2. The Bertz CT molecular complexity index is 1340. The fourth-order valence-corrected chi connectivity index (χ4v) is 4.78. The van der Waals surface area contributed by atoms with Gasteiger partial charge in [-0.05, 0) is 62.8 Å². The van der Waals surface area contributed by atoms with Crippen molar-refractivity contribution >= 4 is 47.5 Å². The van der Waals surface area contributed by atoms with Crippen LogP contribution < -0.4 is 49.8 Å². The standard InChI is InChI=1S/C27H30F3N7O3.ClH.4H3N.4H2/c28-27(29,30)40-20-9-7-8-18(16-20)31-23(39)21-11-10-19(17-22(21)38)32-24-33-25(36-12-3-1-4-13-36)35-26(34-24)37-14-5-2-6-15-37;;;;;;;;;/h7-11,16-17,38H,1-6,12-15H2,(H,31,39)(H,32,33,34,35);1H;4*1H3;4*1H. The average molecular weight is 670 g/mol. The van der Waals surface area contributed by atoms with Crippen molar-refractivity contribution in [3.63, 3.8) is 0 Å². The van der Waals surface area contributed by atoms with Crippen LogP contribution in [0.5, 0.6) is 11.5 Å². The quantitative estimate of drug-likeness (QED) is 0.129. The second-order valence-electron chi connectivity index (χ2n) is 9.74. The molecule has 1 amide bonds. The zero-order valence-corrected chi connectivity index (χ0v) is 25.8. The van der Waals surface area contributed by atoms with Gasteiger partial charge in [-0.1, -0.05) is 6.07 Å². The predicted octanol–water partition coefficient (Wildman–Crippen LogP) is 7.51. The summed E-state index contributed by atoms with van der Waals surface area (Å²) >= 11 is 0. The molecule has 45 heavy (non-hydrogen) atoms. The summed E-state index contributed by atoms with van der Waals surface area (Å²) in [6, 6.07) is 9.24. The SMILES string of the molecule is Cl.N.N.N.N.O=C(Nc1cccc(OC(F)(F)F)c1)c1ccc(Nc2nc(N3CCCCC3)nc(N3CCCCC3)n2)cc1O.[HH].[HH].[HH].[HH]. The molecule has 0 atom stereocenters. The van der Waals surface area contributed by atoms with Crippen LogP contribution in [0.25, 0.3) is 0 Å². The van der Waals surface area contributed by atoms with Crippen molar-refractivity contribution in [2.45, 2.75) is 44.9 Å². The summed E-state index contributed by atoms with van der Waals surface area (Å²) in [6.07, 6.45) is 1.80. The molecule has 2 aliphatic rings. The number of ether oxygens (including phenoxy) is 1. The van der Waals surface area contributed by atoms with Crippen LogP contribution in [-0.2, 0) is 0 Å². The third-order valence-corrected chi connectivity index (χ3v) is 6.71. The minimum Gasteiger partial charge on any atom is -0.507 e. The molecule has 0 radical (unpaired) electrons. The van der Waals surface area contributed by atoms with E-state index < -0.39 is 18.0 Å². The second-order valence-corrected chi connectivity index (χ2v) is 9.74. The third-order valence-electron chi connectivity index (χ3n) is 6.71. The van der Waals surface area contributed by atoms with Crippen LogP contribution in [0.4, 0.5) is 42.4 Å². The number of anilines is 5. The number of halogens is 4. The molecule has 0 saturated carbocycles. The van der Waals surface area contributed by atoms with Crippen LogP contribution in [0, 0.1) is 0 Å². The van der Waals surface area contributed by atoms with Crippen molar-refractivity contribution in [3.05, 3.63) is 48.0 Å². The van der Waals surface area contributed by atoms with Crippen LogP contribution in [0.2, 0.25) is 0 Å². The number of phenols is 1. The number of carbonyl (C=O) groups is 1. The molecule has 0 spiro atoms. The molecule has 14 nitrogen and oxygen atoms in total. The summed E-state index contributed by atoms with van der Waals surface area (Å²) in [6.45, 7) is 3.49. The fourth-order valence-electron chi connectivity index (χ4n) is 4.78. The zero-order valence-electron chi connectivity index (χ0n) is 25.0. The molecule has 2 saturated heterocycles. The largest absolute Gasteiger partial charge is 0.573 e. The summed E-state index contributed by atoms with van der Waals surface area (Å²) in [5.74, 6) is 0.0397. The lowest BCUT2D eigenvalue weighted by molar-refractivity contribution is -0.274. The molecule has 1 aromatic heterocycles. The number of aromatic hydroxyl groups is 1. The number of rotatable bonds is 7. The first-order chi connectivity index (χ1) is 19.2. The molecule has 18 heteroatoms. The van der Waals surface area contributed by atoms with Crippen molar-refractivity contribution in [1.29, 1.82) is 0 Å². The number of alkyl halides is 3. The van der Waals surface area contributed by atoms with Gasteiger partial charge in [0.2, 0.25) is 17.8 Å². The lowest BCUT2D eigenvalue weighted by atomic mass is 10.1. The van der Waals surface area contributed by atoms with E-state index in [2.05, 4.69) is 35.1 Å². The zero-order chi connectivity index (χ0) is 28.1. The number of hydrogen-bond acceptors (Lipinski definition) is 13. The van der Waals surface area contributed by atoms with Gasteiger partial charge < -0.3 is 54.9 Å². The number of hydrogen-bond donors (Lipinski definition) is 7. The Morgan fingerprint density at radius 2 is 1.36 bits per heavy atom. The summed E-state index contributed by atoms with van der Waals surface area (Å²) in [4.78, 5) is 31.1. The Kier molecular flexibility index (Phi) is 16.3. The van der Waals surface area contributed by atoms with Gasteiger partial charge in [0.25, 0.3) is 5.91 Å². The van der Waals surface area contributed by atoms with E-state index in [1.807, 2.05) is 0 Å². The molecular weight excluding hydrogens is 619 g/mol. The Hall–Kier alpha value is -4.16. The van der Waals surface area contributed by atoms with E-state index in [1.165, 1.54) is 37.1 Å². The lowest BCUT2D eigenvalue weighted by Gasteiger charge is -2.30. The van der Waals surface area contributed by atoms with E-state index in [-0.39, 0.29) is 59.7 Å². The first-order valence-electron chi connectivity index (χ1n) is 13.3. The maximum absolute atomic E-state index is 12.7. The molecule has 5 rings (SSSR count). The number of piperidine rings is 2. The minimum absolute atomic E-state index is 0. The lowest BCUT2D eigenvalue weighted by Crippen LogP contribution is -2.34. The highest BCUT2D eigenvalue weighted by molar-refractivity contribution is 6.06. The molecule has 3 heterocycles. The van der Waals surface area contributed by atoms with Gasteiger partial charge >= 0.3 is 6.36 Å². The Labute approximate surface area is 271 Å². The van der Waals surface area contributed by atoms with Crippen molar-refractivity contribution < 1.29 is 33.5 Å². The maximum atomic E-state index is 12.7. The van der Waals surface area contributed by atoms with E-state index in [0.29, 0.717) is 23.5 Å². The van der Waals surface area contributed by atoms with Gasteiger partial charge in [-0.3, -0.25) is 4.79 Å². The van der Waals surface area contributed by atoms with E-state index >= 15 is 0 Å². The Morgan fingerprint density at radius 1 is 0.800 bits per heavy atom.